The van der Waals surface area contributed by atoms with Gasteiger partial charge in [-0.2, -0.15) is 0 Å². The predicted octanol–water partition coefficient (Wildman–Crippen LogP) is 3.11. The van der Waals surface area contributed by atoms with Gasteiger partial charge < -0.3 is 4.74 Å². The van der Waals surface area contributed by atoms with E-state index in [4.69, 9.17) is 4.74 Å². The summed E-state index contributed by atoms with van der Waals surface area (Å²) in [4.78, 5) is 30.2. The Balaban J connectivity index is 1.48. The molecule has 0 bridgehead atoms. The van der Waals surface area contributed by atoms with E-state index in [1.807, 2.05) is 24.3 Å². The van der Waals surface area contributed by atoms with Crippen molar-refractivity contribution in [3.63, 3.8) is 0 Å². The van der Waals surface area contributed by atoms with Crippen LogP contribution in [0.25, 0.3) is 11.3 Å². The van der Waals surface area contributed by atoms with Gasteiger partial charge in [-0.1, -0.05) is 24.3 Å². The number of aromatic nitrogens is 4. The molecule has 2 aromatic heterocycles. The number of hydrogen-bond donors (Lipinski definition) is 0. The van der Waals surface area contributed by atoms with Crippen LogP contribution >= 0.6 is 0 Å². The monoisotopic (exact) mass is 466 g/mol. The molecule has 4 rings (SSSR count). The summed E-state index contributed by atoms with van der Waals surface area (Å²) in [6.45, 7) is 3.61. The van der Waals surface area contributed by atoms with Crippen molar-refractivity contribution in [2.24, 2.45) is 0 Å². The van der Waals surface area contributed by atoms with E-state index in [2.05, 4.69) is 19.9 Å². The average molecular weight is 467 g/mol. The fraction of sp³-hybridized carbons (Fsp3) is 0.375. The van der Waals surface area contributed by atoms with Gasteiger partial charge in [-0.3, -0.25) is 9.78 Å². The fourth-order valence-corrected chi connectivity index (χ4v) is 5.06. The van der Waals surface area contributed by atoms with Crippen molar-refractivity contribution in [2.75, 3.05) is 7.11 Å². The van der Waals surface area contributed by atoms with Gasteiger partial charge in [-0.15, -0.1) is 0 Å². The molecule has 1 aliphatic rings. The number of ketones is 1. The number of nitrogens with zero attached hydrogens (tertiary/aromatic N) is 4. The molecule has 0 N–H and O–H groups in total. The van der Waals surface area contributed by atoms with E-state index >= 15 is 0 Å². The van der Waals surface area contributed by atoms with Crippen LogP contribution in [0.4, 0.5) is 0 Å². The van der Waals surface area contributed by atoms with Crippen LogP contribution in [0.1, 0.15) is 43.8 Å². The maximum atomic E-state index is 13.2. The normalized spacial score (nSPS) is 14.2. The van der Waals surface area contributed by atoms with Crippen molar-refractivity contribution in [1.29, 1.82) is 0 Å². The quantitative estimate of drug-likeness (QED) is 0.473. The van der Waals surface area contributed by atoms with Crippen LogP contribution in [0.3, 0.4) is 0 Å². The number of ether oxygens (including phenoxy) is 1. The number of carbonyl (C=O) groups excluding carboxylic acids is 1. The van der Waals surface area contributed by atoms with E-state index in [1.54, 1.807) is 32.3 Å². The van der Waals surface area contributed by atoms with Gasteiger partial charge in [0.15, 0.2) is 9.84 Å². The molecule has 2 heterocycles. The highest BCUT2D eigenvalue weighted by atomic mass is 32.2. The Hall–Kier alpha value is -3.20. The molecule has 1 fully saturated rings. The van der Waals surface area contributed by atoms with Crippen LogP contribution in [-0.2, 0) is 32.2 Å². The highest BCUT2D eigenvalue weighted by Crippen LogP contribution is 2.31. The van der Waals surface area contributed by atoms with Gasteiger partial charge in [0.2, 0.25) is 5.88 Å². The van der Waals surface area contributed by atoms with Gasteiger partial charge in [-0.05, 0) is 38.3 Å². The molecule has 0 radical (unpaired) electrons. The number of methoxy groups -OCH3 is 1. The van der Waals surface area contributed by atoms with Crippen LogP contribution in [-0.4, -0.2) is 46.5 Å². The van der Waals surface area contributed by atoms with E-state index < -0.39 is 15.3 Å². The second-order valence-electron chi connectivity index (χ2n) is 8.73. The molecule has 0 spiro atoms. The molecule has 3 aromatic rings. The van der Waals surface area contributed by atoms with Gasteiger partial charge >= 0.3 is 0 Å². The molecule has 0 unspecified atom stereocenters. The third-order valence-corrected chi connectivity index (χ3v) is 7.99. The zero-order valence-electron chi connectivity index (χ0n) is 18.9. The summed E-state index contributed by atoms with van der Waals surface area (Å²) < 4.78 is 29.7. The van der Waals surface area contributed by atoms with Crippen LogP contribution in [0.15, 0.2) is 48.9 Å². The first kappa shape index (κ1) is 23.0. The summed E-state index contributed by atoms with van der Waals surface area (Å²) in [6, 6.07) is 9.24. The van der Waals surface area contributed by atoms with Crippen LogP contribution in [0.2, 0.25) is 0 Å². The molecule has 9 heteroatoms. The molecule has 1 aliphatic carbocycles. The Labute approximate surface area is 193 Å². The molecule has 0 atom stereocenters. The number of carbonyl (C=O) groups is 1. The van der Waals surface area contributed by atoms with Gasteiger partial charge in [0.25, 0.3) is 0 Å². The Morgan fingerprint density at radius 3 is 2.48 bits per heavy atom. The summed E-state index contributed by atoms with van der Waals surface area (Å²) in [5.74, 6) is 0.461. The van der Waals surface area contributed by atoms with E-state index in [0.29, 0.717) is 30.1 Å². The number of hydrogen-bond acceptors (Lipinski definition) is 8. The first-order valence-corrected chi connectivity index (χ1v) is 12.4. The Bertz CT molecular complexity index is 1270. The van der Waals surface area contributed by atoms with Gasteiger partial charge in [0, 0.05) is 18.2 Å². The zero-order chi connectivity index (χ0) is 23.6. The van der Waals surface area contributed by atoms with Crippen LogP contribution in [0.5, 0.6) is 5.88 Å². The Kier molecular flexibility index (Phi) is 6.25. The van der Waals surface area contributed by atoms with Gasteiger partial charge in [-0.25, -0.2) is 23.4 Å². The summed E-state index contributed by atoms with van der Waals surface area (Å²) in [5, 5.41) is -0.273. The maximum absolute atomic E-state index is 13.2. The molecule has 1 aromatic carbocycles. The lowest BCUT2D eigenvalue weighted by atomic mass is 9.81. The highest BCUT2D eigenvalue weighted by Gasteiger charge is 2.37. The predicted molar refractivity (Wildman–Crippen MR) is 123 cm³/mol. The zero-order valence-corrected chi connectivity index (χ0v) is 19.7. The minimum absolute atomic E-state index is 0.0221. The summed E-state index contributed by atoms with van der Waals surface area (Å²) in [6.07, 6.45) is 6.35. The summed E-state index contributed by atoms with van der Waals surface area (Å²) in [5.41, 5.74) is 2.04. The number of sulfone groups is 1. The lowest BCUT2D eigenvalue weighted by Gasteiger charge is -2.23. The topological polar surface area (TPSA) is 112 Å². The first-order chi connectivity index (χ1) is 15.7. The van der Waals surface area contributed by atoms with Gasteiger partial charge in [0.05, 0.1) is 41.6 Å². The SMILES string of the molecule is COc1cncc(-c2ccc(CC(=O)C(C)(C)c3ccnc(CS(=O)(=O)C4CC4)n3)cc2)n1. The molecule has 0 saturated heterocycles. The second-order valence-corrected chi connectivity index (χ2v) is 11.0. The third-order valence-electron chi connectivity index (χ3n) is 5.84. The van der Waals surface area contributed by atoms with Crippen molar-refractivity contribution >= 4 is 15.6 Å². The van der Waals surface area contributed by atoms with E-state index in [9.17, 15) is 13.2 Å². The molecule has 0 amide bonds. The van der Waals surface area contributed by atoms with Crippen LogP contribution in [0, 0.1) is 0 Å². The average Bonchev–Trinajstić information content (AvgIpc) is 3.66. The lowest BCUT2D eigenvalue weighted by molar-refractivity contribution is -0.122. The Morgan fingerprint density at radius 2 is 1.82 bits per heavy atom. The third kappa shape index (κ3) is 5.24. The fourth-order valence-electron chi connectivity index (χ4n) is 3.47. The highest BCUT2D eigenvalue weighted by molar-refractivity contribution is 7.91. The summed E-state index contributed by atoms with van der Waals surface area (Å²) in [7, 11) is -1.69. The van der Waals surface area contributed by atoms with E-state index in [-0.39, 0.29) is 29.0 Å². The molecule has 8 nitrogen and oxygen atoms in total. The molecular formula is C24H26N4O4S. The van der Waals surface area contributed by atoms with Crippen molar-refractivity contribution in [3.8, 4) is 17.1 Å². The molecule has 1 saturated carbocycles. The molecule has 172 valence electrons. The maximum Gasteiger partial charge on any atom is 0.232 e. The van der Waals surface area contributed by atoms with E-state index in [1.165, 1.54) is 13.3 Å². The first-order valence-electron chi connectivity index (χ1n) is 10.7. The second kappa shape index (κ2) is 8.97. The minimum Gasteiger partial charge on any atom is -0.480 e. The number of rotatable bonds is 9. The summed E-state index contributed by atoms with van der Waals surface area (Å²) >= 11 is 0. The minimum atomic E-state index is -3.23. The van der Waals surface area contributed by atoms with Crippen LogP contribution < -0.4 is 4.74 Å². The number of Topliss-reactive ketones (excluding diaryl/α,β-unsaturated/α-hetero) is 1. The van der Waals surface area contributed by atoms with Crippen molar-refractivity contribution in [1.82, 2.24) is 19.9 Å². The van der Waals surface area contributed by atoms with Gasteiger partial charge in [0.1, 0.15) is 17.4 Å². The molecule has 0 aliphatic heterocycles. The number of benzene rings is 1. The van der Waals surface area contributed by atoms with Crippen molar-refractivity contribution in [3.05, 3.63) is 66.0 Å². The van der Waals surface area contributed by atoms with Crippen molar-refractivity contribution in [2.45, 2.75) is 49.5 Å². The largest absolute Gasteiger partial charge is 0.480 e. The molecule has 33 heavy (non-hydrogen) atoms. The Morgan fingerprint density at radius 1 is 1.09 bits per heavy atom. The van der Waals surface area contributed by atoms with Crippen molar-refractivity contribution < 1.29 is 17.9 Å². The molecular weight excluding hydrogens is 440 g/mol. The van der Waals surface area contributed by atoms with E-state index in [0.717, 1.165) is 11.1 Å². The smallest absolute Gasteiger partial charge is 0.232 e. The standard InChI is InChI=1S/C24H26N4O4S/c1-24(2,20-10-11-26-22(28-20)15-33(30,31)18-8-9-18)21(29)12-16-4-6-17(7-5-16)19-13-25-14-23(27-19)32-3/h4-7,10-11,13-14,18H,8-9,12,15H2,1-3H3. The lowest BCUT2D eigenvalue weighted by Crippen LogP contribution is -2.32.